The minimum absolute atomic E-state index is 0.538. The lowest BCUT2D eigenvalue weighted by atomic mass is 10.1. The Morgan fingerprint density at radius 1 is 1.06 bits per heavy atom. The third kappa shape index (κ3) is 5.84. The molecule has 0 amide bonds. The smallest absolute Gasteiger partial charge is 0.0599 e. The first-order valence-corrected chi connectivity index (χ1v) is 7.38. The van der Waals surface area contributed by atoms with E-state index in [0.717, 1.165) is 12.6 Å². The van der Waals surface area contributed by atoms with Crippen LogP contribution in [0.1, 0.15) is 44.9 Å². The highest BCUT2D eigenvalue weighted by atomic mass is 16.5. The van der Waals surface area contributed by atoms with Crippen molar-refractivity contribution in [3.63, 3.8) is 0 Å². The fourth-order valence-electron chi connectivity index (χ4n) is 2.40. The van der Waals surface area contributed by atoms with Gasteiger partial charge >= 0.3 is 0 Å². The molecule has 17 heavy (non-hydrogen) atoms. The van der Waals surface area contributed by atoms with E-state index in [2.05, 4.69) is 17.3 Å². The predicted molar refractivity (Wildman–Crippen MR) is 71.3 cm³/mol. The molecule has 1 saturated carbocycles. The highest BCUT2D eigenvalue weighted by Crippen LogP contribution is 2.18. The van der Waals surface area contributed by atoms with E-state index >= 15 is 0 Å². The zero-order valence-electron chi connectivity index (χ0n) is 11.3. The standard InChI is InChI=1S/C14H28N2O/c1-16-10-7-14(8-11-16)17-12-4-2-3-9-15-13-5-6-13/h13-15H,2-12H2,1H3. The SMILES string of the molecule is CN1CCC(OCCCCCNC2CC2)CC1. The second-order valence-corrected chi connectivity index (χ2v) is 5.66. The van der Waals surface area contributed by atoms with Gasteiger partial charge < -0.3 is 15.0 Å². The molecule has 2 rings (SSSR count). The number of unbranched alkanes of at least 4 members (excludes halogenated alkanes) is 2. The van der Waals surface area contributed by atoms with Gasteiger partial charge in [-0.1, -0.05) is 0 Å². The number of ether oxygens (including phenoxy) is 1. The Morgan fingerprint density at radius 3 is 2.53 bits per heavy atom. The zero-order valence-corrected chi connectivity index (χ0v) is 11.3. The van der Waals surface area contributed by atoms with E-state index in [-0.39, 0.29) is 0 Å². The van der Waals surface area contributed by atoms with E-state index in [0.29, 0.717) is 6.10 Å². The van der Waals surface area contributed by atoms with Gasteiger partial charge in [-0.2, -0.15) is 0 Å². The van der Waals surface area contributed by atoms with E-state index in [9.17, 15) is 0 Å². The molecule has 0 unspecified atom stereocenters. The first-order valence-electron chi connectivity index (χ1n) is 7.38. The van der Waals surface area contributed by atoms with Gasteiger partial charge in [0.05, 0.1) is 6.10 Å². The van der Waals surface area contributed by atoms with Crippen LogP contribution in [0.25, 0.3) is 0 Å². The van der Waals surface area contributed by atoms with Gasteiger partial charge in [-0.15, -0.1) is 0 Å². The molecule has 2 fully saturated rings. The maximum atomic E-state index is 5.92. The lowest BCUT2D eigenvalue weighted by molar-refractivity contribution is 0.0108. The van der Waals surface area contributed by atoms with E-state index in [1.165, 1.54) is 64.6 Å². The first-order chi connectivity index (χ1) is 8.34. The van der Waals surface area contributed by atoms with Crippen molar-refractivity contribution in [2.75, 3.05) is 33.3 Å². The molecule has 0 atom stereocenters. The molecule has 0 radical (unpaired) electrons. The molecule has 0 aromatic carbocycles. The van der Waals surface area contributed by atoms with Crippen LogP contribution >= 0.6 is 0 Å². The van der Waals surface area contributed by atoms with Gasteiger partial charge in [-0.3, -0.25) is 0 Å². The van der Waals surface area contributed by atoms with Crippen molar-refractivity contribution in [1.29, 1.82) is 0 Å². The maximum absolute atomic E-state index is 5.92. The molecule has 1 saturated heterocycles. The summed E-state index contributed by atoms with van der Waals surface area (Å²) in [6.07, 6.45) is 9.65. The van der Waals surface area contributed by atoms with Crippen LogP contribution in [0.15, 0.2) is 0 Å². The number of rotatable bonds is 8. The van der Waals surface area contributed by atoms with Crippen LogP contribution < -0.4 is 5.32 Å². The van der Waals surface area contributed by atoms with Crippen LogP contribution in [-0.4, -0.2) is 50.3 Å². The van der Waals surface area contributed by atoms with Gasteiger partial charge in [0.25, 0.3) is 0 Å². The molecule has 3 nitrogen and oxygen atoms in total. The van der Waals surface area contributed by atoms with Crippen molar-refractivity contribution in [3.05, 3.63) is 0 Å². The molecule has 100 valence electrons. The van der Waals surface area contributed by atoms with Gasteiger partial charge in [-0.25, -0.2) is 0 Å². The van der Waals surface area contributed by atoms with Gasteiger partial charge in [0.1, 0.15) is 0 Å². The average molecular weight is 240 g/mol. The molecule has 1 aliphatic carbocycles. The Balaban J connectivity index is 1.35. The molecule has 1 N–H and O–H groups in total. The van der Waals surface area contributed by atoms with E-state index in [4.69, 9.17) is 4.74 Å². The van der Waals surface area contributed by atoms with Crippen molar-refractivity contribution < 1.29 is 4.74 Å². The Morgan fingerprint density at radius 2 is 1.82 bits per heavy atom. The second kappa shape index (κ2) is 7.34. The van der Waals surface area contributed by atoms with Crippen molar-refractivity contribution in [1.82, 2.24) is 10.2 Å². The molecule has 0 aromatic heterocycles. The molecule has 0 spiro atoms. The summed E-state index contributed by atoms with van der Waals surface area (Å²) < 4.78 is 5.92. The van der Waals surface area contributed by atoms with Crippen molar-refractivity contribution >= 4 is 0 Å². The fraction of sp³-hybridized carbons (Fsp3) is 1.00. The lowest BCUT2D eigenvalue weighted by Crippen LogP contribution is -2.34. The van der Waals surface area contributed by atoms with Crippen LogP contribution in [-0.2, 0) is 4.74 Å². The summed E-state index contributed by atoms with van der Waals surface area (Å²) in [5, 5.41) is 3.56. The van der Waals surface area contributed by atoms with Gasteiger partial charge in [0.2, 0.25) is 0 Å². The number of nitrogens with zero attached hydrogens (tertiary/aromatic N) is 1. The number of piperidine rings is 1. The lowest BCUT2D eigenvalue weighted by Gasteiger charge is -2.28. The maximum Gasteiger partial charge on any atom is 0.0599 e. The number of hydrogen-bond acceptors (Lipinski definition) is 3. The summed E-state index contributed by atoms with van der Waals surface area (Å²) >= 11 is 0. The quantitative estimate of drug-likeness (QED) is 0.657. The van der Waals surface area contributed by atoms with E-state index in [1.807, 2.05) is 0 Å². The number of likely N-dealkylation sites (tertiary alicyclic amines) is 1. The van der Waals surface area contributed by atoms with Crippen LogP contribution in [0.4, 0.5) is 0 Å². The highest BCUT2D eigenvalue weighted by Gasteiger charge is 2.19. The van der Waals surface area contributed by atoms with Gasteiger partial charge in [0.15, 0.2) is 0 Å². The normalized spacial score (nSPS) is 23.1. The minimum atomic E-state index is 0.538. The molecular weight excluding hydrogens is 212 g/mol. The Hall–Kier alpha value is -0.120. The first kappa shape index (κ1) is 13.3. The Kier molecular flexibility index (Phi) is 5.75. The van der Waals surface area contributed by atoms with Gasteiger partial charge in [-0.05, 0) is 58.5 Å². The van der Waals surface area contributed by atoms with Crippen LogP contribution in [0.3, 0.4) is 0 Å². The van der Waals surface area contributed by atoms with E-state index < -0.39 is 0 Å². The minimum Gasteiger partial charge on any atom is -0.378 e. The highest BCUT2D eigenvalue weighted by molar-refractivity contribution is 4.80. The van der Waals surface area contributed by atoms with Crippen LogP contribution in [0, 0.1) is 0 Å². The Bertz CT molecular complexity index is 198. The monoisotopic (exact) mass is 240 g/mol. The third-order valence-electron chi connectivity index (χ3n) is 3.85. The molecular formula is C14H28N2O. The van der Waals surface area contributed by atoms with Gasteiger partial charge in [0, 0.05) is 25.7 Å². The largest absolute Gasteiger partial charge is 0.378 e. The summed E-state index contributed by atoms with van der Waals surface area (Å²) in [5.74, 6) is 0. The predicted octanol–water partition coefficient (Wildman–Crippen LogP) is 2.02. The topological polar surface area (TPSA) is 24.5 Å². The molecule has 1 aliphatic heterocycles. The number of hydrogen-bond donors (Lipinski definition) is 1. The summed E-state index contributed by atoms with van der Waals surface area (Å²) in [4.78, 5) is 2.39. The summed E-state index contributed by atoms with van der Waals surface area (Å²) in [7, 11) is 2.20. The molecule has 0 bridgehead atoms. The fourth-order valence-corrected chi connectivity index (χ4v) is 2.40. The average Bonchev–Trinajstić information content (AvgIpc) is 3.14. The summed E-state index contributed by atoms with van der Waals surface area (Å²) in [5.41, 5.74) is 0. The van der Waals surface area contributed by atoms with Crippen molar-refractivity contribution in [2.45, 2.75) is 57.1 Å². The third-order valence-corrected chi connectivity index (χ3v) is 3.85. The molecule has 0 aromatic rings. The number of nitrogens with one attached hydrogen (secondary N) is 1. The van der Waals surface area contributed by atoms with Crippen molar-refractivity contribution in [2.24, 2.45) is 0 Å². The zero-order chi connectivity index (χ0) is 11.9. The molecule has 2 aliphatic rings. The molecule has 1 heterocycles. The summed E-state index contributed by atoms with van der Waals surface area (Å²) in [6, 6.07) is 0.866. The summed E-state index contributed by atoms with van der Waals surface area (Å²) in [6.45, 7) is 4.59. The second-order valence-electron chi connectivity index (χ2n) is 5.66. The van der Waals surface area contributed by atoms with Crippen LogP contribution in [0.2, 0.25) is 0 Å². The van der Waals surface area contributed by atoms with Crippen molar-refractivity contribution in [3.8, 4) is 0 Å². The Labute approximate surface area is 106 Å². The van der Waals surface area contributed by atoms with E-state index in [1.54, 1.807) is 0 Å². The molecule has 3 heteroatoms. The van der Waals surface area contributed by atoms with Crippen LogP contribution in [0.5, 0.6) is 0 Å².